The molecule has 2 atom stereocenters. The third-order valence-corrected chi connectivity index (χ3v) is 3.81. The number of aryl methyl sites for hydroxylation is 2. The van der Waals surface area contributed by atoms with Gasteiger partial charge < -0.3 is 15.3 Å². The van der Waals surface area contributed by atoms with Crippen LogP contribution >= 0.6 is 0 Å². The zero-order chi connectivity index (χ0) is 13.3. The molecule has 0 saturated carbocycles. The van der Waals surface area contributed by atoms with Crippen LogP contribution in [0, 0.1) is 13.8 Å². The van der Waals surface area contributed by atoms with E-state index in [1.165, 1.54) is 16.8 Å². The van der Waals surface area contributed by atoms with Crippen LogP contribution in [-0.4, -0.2) is 36.4 Å². The van der Waals surface area contributed by atoms with Gasteiger partial charge in [-0.05, 0) is 51.0 Å². The molecule has 1 heterocycles. The van der Waals surface area contributed by atoms with Crippen molar-refractivity contribution in [3.05, 3.63) is 29.3 Å². The summed E-state index contributed by atoms with van der Waals surface area (Å²) in [6.45, 7) is 10.6. The summed E-state index contributed by atoms with van der Waals surface area (Å²) >= 11 is 0. The molecular formula is C15H24N2O. The van der Waals surface area contributed by atoms with Crippen LogP contribution in [0.5, 0.6) is 0 Å². The van der Waals surface area contributed by atoms with E-state index in [9.17, 15) is 5.11 Å². The predicted molar refractivity (Wildman–Crippen MR) is 76.2 cm³/mol. The Labute approximate surface area is 110 Å². The number of rotatable bonds is 1. The summed E-state index contributed by atoms with van der Waals surface area (Å²) < 4.78 is 0. The highest BCUT2D eigenvalue weighted by atomic mass is 16.3. The summed E-state index contributed by atoms with van der Waals surface area (Å²) in [5.41, 5.74) is 3.14. The molecule has 1 aromatic carbocycles. The molecule has 3 nitrogen and oxygen atoms in total. The minimum absolute atomic E-state index is 0.390. The van der Waals surface area contributed by atoms with Gasteiger partial charge in [0.1, 0.15) is 0 Å². The van der Waals surface area contributed by atoms with E-state index in [0.29, 0.717) is 19.1 Å². The quantitative estimate of drug-likeness (QED) is 0.796. The van der Waals surface area contributed by atoms with Crippen molar-refractivity contribution >= 4 is 5.69 Å². The Balaban J connectivity index is 2.30. The molecule has 1 fully saturated rings. The lowest BCUT2D eigenvalue weighted by atomic mass is 10.0. The van der Waals surface area contributed by atoms with Crippen molar-refractivity contribution in [1.29, 1.82) is 0 Å². The number of aliphatic hydroxyl groups is 1. The van der Waals surface area contributed by atoms with Crippen molar-refractivity contribution in [2.75, 3.05) is 24.5 Å². The Kier molecular flexibility index (Phi) is 3.64. The van der Waals surface area contributed by atoms with E-state index < -0.39 is 5.60 Å². The number of anilines is 1. The monoisotopic (exact) mass is 248 g/mol. The van der Waals surface area contributed by atoms with Gasteiger partial charge in [-0.2, -0.15) is 0 Å². The standard InChI is InChI=1S/C15H24N2O/c1-11-5-6-14(7-12(11)2)17-10-15(4,18)9-16-8-13(17)3/h5-7,13,16,18H,8-10H2,1-4H3. The van der Waals surface area contributed by atoms with Gasteiger partial charge in [0.15, 0.2) is 0 Å². The summed E-state index contributed by atoms with van der Waals surface area (Å²) in [5.74, 6) is 0. The summed E-state index contributed by atoms with van der Waals surface area (Å²) in [7, 11) is 0. The maximum atomic E-state index is 10.3. The largest absolute Gasteiger partial charge is 0.387 e. The Morgan fingerprint density at radius 2 is 2.06 bits per heavy atom. The molecule has 3 heteroatoms. The molecule has 100 valence electrons. The first-order valence-corrected chi connectivity index (χ1v) is 6.66. The van der Waals surface area contributed by atoms with Crippen LogP contribution in [0.1, 0.15) is 25.0 Å². The second kappa shape index (κ2) is 4.90. The molecule has 2 N–H and O–H groups in total. The molecular weight excluding hydrogens is 224 g/mol. The lowest BCUT2D eigenvalue weighted by molar-refractivity contribution is 0.0726. The Bertz CT molecular complexity index is 429. The van der Waals surface area contributed by atoms with Crippen LogP contribution in [0.2, 0.25) is 0 Å². The fourth-order valence-electron chi connectivity index (χ4n) is 2.49. The number of hydrogen-bond donors (Lipinski definition) is 2. The third-order valence-electron chi connectivity index (χ3n) is 3.81. The van der Waals surface area contributed by atoms with Gasteiger partial charge in [0.2, 0.25) is 0 Å². The number of nitrogens with zero attached hydrogens (tertiary/aromatic N) is 1. The van der Waals surface area contributed by atoms with Gasteiger partial charge in [-0.15, -0.1) is 0 Å². The van der Waals surface area contributed by atoms with Crippen molar-refractivity contribution in [3.8, 4) is 0 Å². The Morgan fingerprint density at radius 1 is 1.33 bits per heavy atom. The first kappa shape index (κ1) is 13.4. The normalized spacial score (nSPS) is 29.2. The molecule has 0 aromatic heterocycles. The van der Waals surface area contributed by atoms with Crippen molar-refractivity contribution < 1.29 is 5.11 Å². The van der Waals surface area contributed by atoms with Gasteiger partial charge in [-0.25, -0.2) is 0 Å². The molecule has 1 aliphatic rings. The van der Waals surface area contributed by atoms with Gasteiger partial charge in [-0.1, -0.05) is 6.07 Å². The van der Waals surface area contributed by atoms with Crippen LogP contribution in [-0.2, 0) is 0 Å². The molecule has 0 aliphatic carbocycles. The van der Waals surface area contributed by atoms with Crippen molar-refractivity contribution in [2.24, 2.45) is 0 Å². The van der Waals surface area contributed by atoms with E-state index in [0.717, 1.165) is 6.54 Å². The van der Waals surface area contributed by atoms with Gasteiger partial charge >= 0.3 is 0 Å². The highest BCUT2D eigenvalue weighted by Crippen LogP contribution is 2.24. The zero-order valence-corrected chi connectivity index (χ0v) is 11.8. The number of β-amino-alcohol motifs (C(OH)–C–C–N with tert-alkyl or cyclic N) is 1. The molecule has 1 aromatic rings. The molecule has 0 radical (unpaired) electrons. The molecule has 2 unspecified atom stereocenters. The second-order valence-electron chi connectivity index (χ2n) is 5.87. The van der Waals surface area contributed by atoms with Crippen LogP contribution in [0.3, 0.4) is 0 Å². The first-order chi connectivity index (χ1) is 8.39. The maximum absolute atomic E-state index is 10.3. The fourth-order valence-corrected chi connectivity index (χ4v) is 2.49. The average molecular weight is 248 g/mol. The van der Waals surface area contributed by atoms with Crippen LogP contribution in [0.4, 0.5) is 5.69 Å². The summed E-state index contributed by atoms with van der Waals surface area (Å²) in [6.07, 6.45) is 0. The Morgan fingerprint density at radius 3 is 2.72 bits per heavy atom. The van der Waals surface area contributed by atoms with E-state index in [2.05, 4.69) is 49.2 Å². The predicted octanol–water partition coefficient (Wildman–Crippen LogP) is 1.85. The minimum atomic E-state index is -0.677. The van der Waals surface area contributed by atoms with Crippen molar-refractivity contribution in [2.45, 2.75) is 39.3 Å². The van der Waals surface area contributed by atoms with Crippen LogP contribution in [0.25, 0.3) is 0 Å². The van der Waals surface area contributed by atoms with Crippen LogP contribution < -0.4 is 10.2 Å². The summed E-state index contributed by atoms with van der Waals surface area (Å²) in [4.78, 5) is 2.30. The minimum Gasteiger partial charge on any atom is -0.387 e. The van der Waals surface area contributed by atoms with E-state index >= 15 is 0 Å². The van der Waals surface area contributed by atoms with Gasteiger partial charge in [0.25, 0.3) is 0 Å². The van der Waals surface area contributed by atoms with Crippen LogP contribution in [0.15, 0.2) is 18.2 Å². The first-order valence-electron chi connectivity index (χ1n) is 6.66. The number of nitrogens with one attached hydrogen (secondary N) is 1. The molecule has 1 aliphatic heterocycles. The van der Waals surface area contributed by atoms with Gasteiger partial charge in [0.05, 0.1) is 5.60 Å². The second-order valence-corrected chi connectivity index (χ2v) is 5.87. The van der Waals surface area contributed by atoms with Gasteiger partial charge in [0, 0.05) is 31.4 Å². The molecule has 1 saturated heterocycles. The highest BCUT2D eigenvalue weighted by molar-refractivity contribution is 5.52. The lowest BCUT2D eigenvalue weighted by Gasteiger charge is -2.33. The van der Waals surface area contributed by atoms with E-state index in [1.54, 1.807) is 0 Å². The van der Waals surface area contributed by atoms with E-state index in [-0.39, 0.29) is 0 Å². The smallest absolute Gasteiger partial charge is 0.0917 e. The SMILES string of the molecule is Cc1ccc(N2CC(C)(O)CNCC2C)cc1C. The maximum Gasteiger partial charge on any atom is 0.0917 e. The topological polar surface area (TPSA) is 35.5 Å². The molecule has 0 amide bonds. The van der Waals surface area contributed by atoms with E-state index in [1.807, 2.05) is 6.92 Å². The van der Waals surface area contributed by atoms with E-state index in [4.69, 9.17) is 0 Å². The third kappa shape index (κ3) is 2.85. The number of benzene rings is 1. The molecule has 0 spiro atoms. The van der Waals surface area contributed by atoms with Crippen molar-refractivity contribution in [3.63, 3.8) is 0 Å². The average Bonchev–Trinajstić information content (AvgIpc) is 2.42. The highest BCUT2D eigenvalue weighted by Gasteiger charge is 2.30. The molecule has 18 heavy (non-hydrogen) atoms. The lowest BCUT2D eigenvalue weighted by Crippen LogP contribution is -2.45. The summed E-state index contributed by atoms with van der Waals surface area (Å²) in [6, 6.07) is 6.92. The van der Waals surface area contributed by atoms with Gasteiger partial charge in [-0.3, -0.25) is 0 Å². The summed E-state index contributed by atoms with van der Waals surface area (Å²) in [5, 5.41) is 13.6. The zero-order valence-electron chi connectivity index (χ0n) is 11.8. The Hall–Kier alpha value is -1.06. The molecule has 0 bridgehead atoms. The number of hydrogen-bond acceptors (Lipinski definition) is 3. The molecule has 2 rings (SSSR count). The fraction of sp³-hybridized carbons (Fsp3) is 0.600. The van der Waals surface area contributed by atoms with Crippen molar-refractivity contribution in [1.82, 2.24) is 5.32 Å².